The number of nitro benzene ring substituents is 1. The molecule has 0 amide bonds. The maximum absolute atomic E-state index is 12.0. The molecule has 96 valence electrons. The molecule has 18 heavy (non-hydrogen) atoms. The van der Waals surface area contributed by atoms with Crippen molar-refractivity contribution < 1.29 is 33.1 Å². The van der Waals surface area contributed by atoms with Crippen LogP contribution in [-0.4, -0.2) is 28.9 Å². The van der Waals surface area contributed by atoms with Gasteiger partial charge in [0.05, 0.1) is 10.5 Å². The lowest BCUT2D eigenvalue weighted by Crippen LogP contribution is -2.09. The van der Waals surface area contributed by atoms with Crippen molar-refractivity contribution in [3.8, 4) is 5.75 Å². The average Bonchev–Trinajstić information content (AvgIpc) is 2.26. The molecule has 0 saturated heterocycles. The predicted molar refractivity (Wildman–Crippen MR) is 52.1 cm³/mol. The first-order valence-electron chi connectivity index (χ1n) is 4.32. The van der Waals surface area contributed by atoms with E-state index in [1.54, 1.807) is 0 Å². The van der Waals surface area contributed by atoms with Crippen LogP contribution in [0.3, 0.4) is 0 Å². The van der Waals surface area contributed by atoms with E-state index in [4.69, 9.17) is 5.11 Å². The topological polar surface area (TPSA) is 107 Å². The first-order valence-corrected chi connectivity index (χ1v) is 4.32. The van der Waals surface area contributed by atoms with Gasteiger partial charge in [-0.1, -0.05) is 0 Å². The van der Waals surface area contributed by atoms with Crippen LogP contribution in [0.4, 0.5) is 14.5 Å². The number of carbonyl (C=O) groups is 2. The molecule has 0 aliphatic rings. The zero-order valence-electron chi connectivity index (χ0n) is 8.50. The SMILES string of the molecule is O=Cc1cc(OC(F)F)cc(C(=O)O)c1[N+](=O)[O-]. The second-order valence-corrected chi connectivity index (χ2v) is 2.97. The number of hydrogen-bond acceptors (Lipinski definition) is 5. The zero-order chi connectivity index (χ0) is 13.9. The van der Waals surface area contributed by atoms with Crippen LogP contribution in [0.1, 0.15) is 20.7 Å². The third-order valence-electron chi connectivity index (χ3n) is 1.88. The van der Waals surface area contributed by atoms with E-state index in [0.717, 1.165) is 0 Å². The minimum atomic E-state index is -3.24. The molecule has 0 aromatic heterocycles. The highest BCUT2D eigenvalue weighted by Gasteiger charge is 2.26. The van der Waals surface area contributed by atoms with Crippen molar-refractivity contribution in [2.24, 2.45) is 0 Å². The Morgan fingerprint density at radius 3 is 2.50 bits per heavy atom. The van der Waals surface area contributed by atoms with Crippen molar-refractivity contribution in [3.63, 3.8) is 0 Å². The number of halogens is 2. The molecule has 0 unspecified atom stereocenters. The minimum Gasteiger partial charge on any atom is -0.477 e. The van der Waals surface area contributed by atoms with Crippen molar-refractivity contribution in [2.75, 3.05) is 0 Å². The van der Waals surface area contributed by atoms with Crippen molar-refractivity contribution in [1.29, 1.82) is 0 Å². The Bertz CT molecular complexity index is 516. The maximum Gasteiger partial charge on any atom is 0.387 e. The van der Waals surface area contributed by atoms with Crippen molar-refractivity contribution in [2.45, 2.75) is 6.61 Å². The van der Waals surface area contributed by atoms with Crippen LogP contribution in [0.2, 0.25) is 0 Å². The monoisotopic (exact) mass is 261 g/mol. The molecule has 0 fully saturated rings. The highest BCUT2D eigenvalue weighted by molar-refractivity contribution is 5.98. The molecule has 0 aliphatic carbocycles. The van der Waals surface area contributed by atoms with Gasteiger partial charge < -0.3 is 9.84 Å². The molecular weight excluding hydrogens is 256 g/mol. The fourth-order valence-electron chi connectivity index (χ4n) is 1.26. The van der Waals surface area contributed by atoms with Crippen LogP contribution in [0, 0.1) is 10.1 Å². The van der Waals surface area contributed by atoms with Crippen molar-refractivity contribution in [1.82, 2.24) is 0 Å². The second kappa shape index (κ2) is 5.17. The van der Waals surface area contributed by atoms with Crippen molar-refractivity contribution >= 4 is 17.9 Å². The van der Waals surface area contributed by atoms with Gasteiger partial charge in [-0.15, -0.1) is 0 Å². The molecule has 0 heterocycles. The van der Waals surface area contributed by atoms with E-state index in [0.29, 0.717) is 12.1 Å². The first kappa shape index (κ1) is 13.5. The second-order valence-electron chi connectivity index (χ2n) is 2.97. The Labute approximate surface area is 97.7 Å². The highest BCUT2D eigenvalue weighted by Crippen LogP contribution is 2.29. The molecular formula is C9H5F2NO6. The van der Waals surface area contributed by atoms with Gasteiger partial charge in [-0.05, 0) is 6.07 Å². The number of nitrogens with zero attached hydrogens (tertiary/aromatic N) is 1. The largest absolute Gasteiger partial charge is 0.477 e. The van der Waals surface area contributed by atoms with Crippen LogP contribution in [0.5, 0.6) is 5.75 Å². The van der Waals surface area contributed by atoms with E-state index in [1.807, 2.05) is 0 Å². The smallest absolute Gasteiger partial charge is 0.387 e. The van der Waals surface area contributed by atoms with Gasteiger partial charge in [0.1, 0.15) is 11.3 Å². The summed E-state index contributed by atoms with van der Waals surface area (Å²) < 4.78 is 27.8. The number of aldehydes is 1. The third kappa shape index (κ3) is 2.75. The Morgan fingerprint density at radius 1 is 1.50 bits per heavy atom. The molecule has 0 saturated carbocycles. The molecule has 7 nitrogen and oxygen atoms in total. The molecule has 1 N–H and O–H groups in total. The molecule has 0 bridgehead atoms. The van der Waals surface area contributed by atoms with Crippen LogP contribution in [0.15, 0.2) is 12.1 Å². The maximum atomic E-state index is 12.0. The molecule has 0 spiro atoms. The number of benzene rings is 1. The molecule has 0 aliphatic heterocycles. The molecule has 1 rings (SSSR count). The van der Waals surface area contributed by atoms with Gasteiger partial charge in [-0.25, -0.2) is 4.79 Å². The van der Waals surface area contributed by atoms with Crippen LogP contribution in [-0.2, 0) is 0 Å². The zero-order valence-corrected chi connectivity index (χ0v) is 8.50. The van der Waals surface area contributed by atoms with Gasteiger partial charge in [0.25, 0.3) is 5.69 Å². The van der Waals surface area contributed by atoms with Crippen LogP contribution >= 0.6 is 0 Å². The Balaban J connectivity index is 3.48. The molecule has 9 heteroatoms. The lowest BCUT2D eigenvalue weighted by Gasteiger charge is -2.07. The summed E-state index contributed by atoms with van der Waals surface area (Å²) in [5.74, 6) is -2.38. The standard InChI is InChI=1S/C9H5F2NO6/c10-9(11)18-5-1-4(3-13)7(12(16)17)6(2-5)8(14)15/h1-3,9H,(H,14,15). The van der Waals surface area contributed by atoms with Crippen LogP contribution in [0.25, 0.3) is 0 Å². The fraction of sp³-hybridized carbons (Fsp3) is 0.111. The highest BCUT2D eigenvalue weighted by atomic mass is 19.3. The first-order chi connectivity index (χ1) is 8.36. The Hall–Kier alpha value is -2.58. The summed E-state index contributed by atoms with van der Waals surface area (Å²) in [6.07, 6.45) is -0.0110. The Kier molecular flexibility index (Phi) is 3.87. The summed E-state index contributed by atoms with van der Waals surface area (Å²) in [7, 11) is 0. The fourth-order valence-corrected chi connectivity index (χ4v) is 1.26. The summed E-state index contributed by atoms with van der Waals surface area (Å²) in [6, 6.07) is 1.23. The molecule has 0 atom stereocenters. The van der Waals surface area contributed by atoms with E-state index >= 15 is 0 Å². The Morgan fingerprint density at radius 2 is 2.11 bits per heavy atom. The number of rotatable bonds is 5. The van der Waals surface area contributed by atoms with Crippen molar-refractivity contribution in [3.05, 3.63) is 33.4 Å². The molecule has 1 aromatic carbocycles. The number of aromatic carboxylic acids is 1. The van der Waals surface area contributed by atoms with E-state index in [2.05, 4.69) is 4.74 Å². The molecule has 1 aromatic rings. The number of alkyl halides is 2. The number of hydrogen-bond donors (Lipinski definition) is 1. The summed E-state index contributed by atoms with van der Waals surface area (Å²) in [5, 5.41) is 19.4. The van der Waals surface area contributed by atoms with Gasteiger partial charge >= 0.3 is 12.6 Å². The van der Waals surface area contributed by atoms with E-state index in [9.17, 15) is 28.5 Å². The van der Waals surface area contributed by atoms with E-state index in [1.165, 1.54) is 0 Å². The van der Waals surface area contributed by atoms with Gasteiger partial charge in [-0.3, -0.25) is 14.9 Å². The van der Waals surface area contributed by atoms with Crippen LogP contribution < -0.4 is 4.74 Å². The van der Waals surface area contributed by atoms with Gasteiger partial charge in [0.2, 0.25) is 0 Å². The lowest BCUT2D eigenvalue weighted by molar-refractivity contribution is -0.385. The van der Waals surface area contributed by atoms with E-state index in [-0.39, 0.29) is 6.29 Å². The van der Waals surface area contributed by atoms with Gasteiger partial charge in [0.15, 0.2) is 6.29 Å². The lowest BCUT2D eigenvalue weighted by atomic mass is 10.1. The van der Waals surface area contributed by atoms with Gasteiger partial charge in [0, 0.05) is 6.07 Å². The number of nitro groups is 1. The number of carbonyl (C=O) groups excluding carboxylic acids is 1. The normalized spacial score (nSPS) is 10.2. The summed E-state index contributed by atoms with van der Waals surface area (Å²) in [6.45, 7) is -3.24. The number of carboxylic acid groups (broad SMARTS) is 1. The molecule has 0 radical (unpaired) electrons. The van der Waals surface area contributed by atoms with E-state index < -0.39 is 40.1 Å². The number of carboxylic acids is 1. The summed E-state index contributed by atoms with van der Waals surface area (Å²) in [4.78, 5) is 30.9. The minimum absolute atomic E-state index is 0.0110. The summed E-state index contributed by atoms with van der Waals surface area (Å²) in [5.41, 5.74) is -2.53. The average molecular weight is 261 g/mol. The summed E-state index contributed by atoms with van der Waals surface area (Å²) >= 11 is 0. The number of ether oxygens (including phenoxy) is 1. The quantitative estimate of drug-likeness (QED) is 0.491. The predicted octanol–water partition coefficient (Wildman–Crippen LogP) is 1.71. The third-order valence-corrected chi connectivity index (χ3v) is 1.88. The van der Waals surface area contributed by atoms with Gasteiger partial charge in [-0.2, -0.15) is 8.78 Å².